The van der Waals surface area contributed by atoms with Crippen molar-refractivity contribution in [1.29, 1.82) is 0 Å². The van der Waals surface area contributed by atoms with E-state index >= 15 is 0 Å². The molecule has 0 amide bonds. The summed E-state index contributed by atoms with van der Waals surface area (Å²) in [5, 5.41) is 17.5. The normalized spacial score (nSPS) is 11.8. The molecule has 1 aromatic carbocycles. The molecular weight excluding hydrogens is 262 g/mol. The van der Waals surface area contributed by atoms with Gasteiger partial charge in [-0.2, -0.15) is 0 Å². The third-order valence-electron chi connectivity index (χ3n) is 2.84. The summed E-state index contributed by atoms with van der Waals surface area (Å²) in [6, 6.07) is 7.13. The van der Waals surface area contributed by atoms with Gasteiger partial charge >= 0.3 is 11.9 Å². The second kappa shape index (κ2) is 8.16. The summed E-state index contributed by atoms with van der Waals surface area (Å²) in [6.07, 6.45) is -0.105. The maximum absolute atomic E-state index is 11.5. The molecule has 0 spiro atoms. The van der Waals surface area contributed by atoms with E-state index in [1.165, 1.54) is 0 Å². The van der Waals surface area contributed by atoms with Crippen molar-refractivity contribution in [2.45, 2.75) is 38.4 Å². The number of para-hydroxylation sites is 1. The SMILES string of the molecule is Nc1ccccc1COC(=O)CCCCC(O)C(=O)O. The number of carbonyl (C=O) groups excluding carboxylic acids is 1. The van der Waals surface area contributed by atoms with Crippen LogP contribution in [0.15, 0.2) is 24.3 Å². The van der Waals surface area contributed by atoms with Gasteiger partial charge in [-0.1, -0.05) is 18.2 Å². The second-order valence-electron chi connectivity index (χ2n) is 4.46. The Balaban J connectivity index is 2.18. The number of hydrogen-bond donors (Lipinski definition) is 3. The highest BCUT2D eigenvalue weighted by molar-refractivity contribution is 5.72. The summed E-state index contributed by atoms with van der Waals surface area (Å²) < 4.78 is 5.07. The van der Waals surface area contributed by atoms with E-state index in [0.29, 0.717) is 18.5 Å². The predicted octanol–water partition coefficient (Wildman–Crippen LogP) is 1.32. The van der Waals surface area contributed by atoms with E-state index < -0.39 is 12.1 Å². The number of ether oxygens (including phenoxy) is 1. The van der Waals surface area contributed by atoms with Gasteiger partial charge in [-0.15, -0.1) is 0 Å². The monoisotopic (exact) mass is 281 g/mol. The molecule has 0 saturated heterocycles. The summed E-state index contributed by atoms with van der Waals surface area (Å²) in [5.41, 5.74) is 7.04. The van der Waals surface area contributed by atoms with Crippen molar-refractivity contribution in [2.24, 2.45) is 0 Å². The lowest BCUT2D eigenvalue weighted by Crippen LogP contribution is -2.19. The highest BCUT2D eigenvalue weighted by Crippen LogP contribution is 2.12. The molecular formula is C14H19NO5. The zero-order chi connectivity index (χ0) is 15.0. The average molecular weight is 281 g/mol. The Morgan fingerprint density at radius 2 is 1.95 bits per heavy atom. The largest absolute Gasteiger partial charge is 0.479 e. The fourth-order valence-corrected chi connectivity index (χ4v) is 1.63. The summed E-state index contributed by atoms with van der Waals surface area (Å²) in [4.78, 5) is 21.8. The second-order valence-corrected chi connectivity index (χ2v) is 4.46. The lowest BCUT2D eigenvalue weighted by atomic mass is 10.1. The van der Waals surface area contributed by atoms with E-state index in [0.717, 1.165) is 5.56 Å². The smallest absolute Gasteiger partial charge is 0.332 e. The lowest BCUT2D eigenvalue weighted by Gasteiger charge is -2.07. The van der Waals surface area contributed by atoms with E-state index in [1.54, 1.807) is 18.2 Å². The van der Waals surface area contributed by atoms with Crippen LogP contribution in [-0.4, -0.2) is 28.3 Å². The van der Waals surface area contributed by atoms with Crippen molar-refractivity contribution in [2.75, 3.05) is 5.73 Å². The van der Waals surface area contributed by atoms with Crippen molar-refractivity contribution in [3.05, 3.63) is 29.8 Å². The number of aliphatic hydroxyl groups is 1. The van der Waals surface area contributed by atoms with Crippen LogP contribution in [0.2, 0.25) is 0 Å². The van der Waals surface area contributed by atoms with Gasteiger partial charge in [-0.05, 0) is 25.3 Å². The molecule has 20 heavy (non-hydrogen) atoms. The molecule has 1 unspecified atom stereocenters. The van der Waals surface area contributed by atoms with Crippen molar-refractivity contribution in [3.8, 4) is 0 Å². The molecule has 0 fully saturated rings. The number of carboxylic acids is 1. The Bertz CT molecular complexity index is 461. The zero-order valence-corrected chi connectivity index (χ0v) is 11.1. The molecule has 0 aliphatic rings. The van der Waals surface area contributed by atoms with Crippen LogP contribution in [0.3, 0.4) is 0 Å². The number of benzene rings is 1. The maximum atomic E-state index is 11.5. The Hall–Kier alpha value is -2.08. The van der Waals surface area contributed by atoms with Gasteiger partial charge in [0.15, 0.2) is 6.10 Å². The first-order valence-electron chi connectivity index (χ1n) is 6.40. The molecule has 0 saturated carbocycles. The number of nitrogens with two attached hydrogens (primary N) is 1. The van der Waals surface area contributed by atoms with Crippen molar-refractivity contribution in [3.63, 3.8) is 0 Å². The molecule has 0 aromatic heterocycles. The highest BCUT2D eigenvalue weighted by atomic mass is 16.5. The van der Waals surface area contributed by atoms with E-state index in [2.05, 4.69) is 0 Å². The first kappa shape index (κ1) is 16.0. The number of aliphatic hydroxyl groups excluding tert-OH is 1. The summed E-state index contributed by atoms with van der Waals surface area (Å²) >= 11 is 0. The number of nitrogen functional groups attached to an aromatic ring is 1. The van der Waals surface area contributed by atoms with Gasteiger partial charge in [-0.25, -0.2) is 4.79 Å². The molecule has 0 aliphatic carbocycles. The Labute approximate surface area is 117 Å². The number of unbranched alkanes of at least 4 members (excludes halogenated alkanes) is 1. The van der Waals surface area contributed by atoms with Crippen LogP contribution in [0.4, 0.5) is 5.69 Å². The molecule has 4 N–H and O–H groups in total. The Morgan fingerprint density at radius 3 is 2.60 bits per heavy atom. The lowest BCUT2D eigenvalue weighted by molar-refractivity contribution is -0.146. The predicted molar refractivity (Wildman–Crippen MR) is 72.8 cm³/mol. The Morgan fingerprint density at radius 1 is 1.25 bits per heavy atom. The van der Waals surface area contributed by atoms with Gasteiger partial charge in [0.2, 0.25) is 0 Å². The van der Waals surface area contributed by atoms with Crippen LogP contribution in [-0.2, 0) is 20.9 Å². The van der Waals surface area contributed by atoms with Crippen LogP contribution in [0.1, 0.15) is 31.2 Å². The minimum Gasteiger partial charge on any atom is -0.479 e. The Kier molecular flexibility index (Phi) is 6.52. The molecule has 1 aromatic rings. The van der Waals surface area contributed by atoms with Gasteiger partial charge in [0.05, 0.1) is 0 Å². The van der Waals surface area contributed by atoms with Crippen LogP contribution in [0.25, 0.3) is 0 Å². The quantitative estimate of drug-likeness (QED) is 0.376. The van der Waals surface area contributed by atoms with E-state index in [-0.39, 0.29) is 25.4 Å². The van der Waals surface area contributed by atoms with Crippen molar-refractivity contribution in [1.82, 2.24) is 0 Å². The van der Waals surface area contributed by atoms with Gasteiger partial charge < -0.3 is 20.7 Å². The van der Waals surface area contributed by atoms with Crippen LogP contribution >= 0.6 is 0 Å². The number of esters is 1. The molecule has 6 nitrogen and oxygen atoms in total. The number of aliphatic carboxylic acids is 1. The summed E-state index contributed by atoms with van der Waals surface area (Å²) in [6.45, 7) is 0.128. The van der Waals surface area contributed by atoms with Gasteiger partial charge in [0.1, 0.15) is 6.61 Å². The average Bonchev–Trinajstić information content (AvgIpc) is 2.42. The standard InChI is InChI=1S/C14H19NO5/c15-11-6-2-1-5-10(11)9-20-13(17)8-4-3-7-12(16)14(18)19/h1-2,5-6,12,16H,3-4,7-9,15H2,(H,18,19). The van der Waals surface area contributed by atoms with Crippen LogP contribution in [0.5, 0.6) is 0 Å². The van der Waals surface area contributed by atoms with Crippen LogP contribution in [0, 0.1) is 0 Å². The molecule has 0 bridgehead atoms. The summed E-state index contributed by atoms with van der Waals surface area (Å²) in [5.74, 6) is -1.61. The number of rotatable bonds is 8. The molecule has 1 atom stereocenters. The zero-order valence-electron chi connectivity index (χ0n) is 11.1. The number of carboxylic acid groups (broad SMARTS) is 1. The minimum atomic E-state index is -1.37. The summed E-state index contributed by atoms with van der Waals surface area (Å²) in [7, 11) is 0. The molecule has 6 heteroatoms. The van der Waals surface area contributed by atoms with Gasteiger partial charge in [0.25, 0.3) is 0 Å². The number of hydrogen-bond acceptors (Lipinski definition) is 5. The van der Waals surface area contributed by atoms with E-state index in [4.69, 9.17) is 20.7 Å². The number of anilines is 1. The molecule has 110 valence electrons. The van der Waals surface area contributed by atoms with E-state index in [1.807, 2.05) is 6.07 Å². The van der Waals surface area contributed by atoms with Gasteiger partial charge in [-0.3, -0.25) is 4.79 Å². The molecule has 0 heterocycles. The van der Waals surface area contributed by atoms with Crippen LogP contribution < -0.4 is 5.73 Å². The fraction of sp³-hybridized carbons (Fsp3) is 0.429. The minimum absolute atomic E-state index is 0.128. The molecule has 1 rings (SSSR count). The fourth-order valence-electron chi connectivity index (χ4n) is 1.63. The first-order chi connectivity index (χ1) is 9.50. The van der Waals surface area contributed by atoms with Gasteiger partial charge in [0, 0.05) is 17.7 Å². The topological polar surface area (TPSA) is 110 Å². The first-order valence-corrected chi connectivity index (χ1v) is 6.40. The third-order valence-corrected chi connectivity index (χ3v) is 2.84. The van der Waals surface area contributed by atoms with E-state index in [9.17, 15) is 9.59 Å². The van der Waals surface area contributed by atoms with Crippen molar-refractivity contribution >= 4 is 17.6 Å². The highest BCUT2D eigenvalue weighted by Gasteiger charge is 2.12. The van der Waals surface area contributed by atoms with Crippen molar-refractivity contribution < 1.29 is 24.5 Å². The molecule has 0 radical (unpaired) electrons. The molecule has 0 aliphatic heterocycles. The third kappa shape index (κ3) is 5.71. The number of carbonyl (C=O) groups is 2. The maximum Gasteiger partial charge on any atom is 0.332 e.